The Kier molecular flexibility index (Phi) is 7.80. The number of ether oxygens (including phenoxy) is 1. The highest BCUT2D eigenvalue weighted by Gasteiger charge is 2.32. The second-order valence-corrected chi connectivity index (χ2v) is 7.66. The van der Waals surface area contributed by atoms with Crippen molar-refractivity contribution in [3.8, 4) is 0 Å². The average molecular weight is 389 g/mol. The minimum absolute atomic E-state index is 0.0445. The van der Waals surface area contributed by atoms with Crippen LogP contribution in [-0.2, 0) is 20.9 Å². The number of amides is 2. The predicted octanol–water partition coefficient (Wildman–Crippen LogP) is 1.44. The second-order valence-electron chi connectivity index (χ2n) is 7.66. The zero-order valence-electron chi connectivity index (χ0n) is 16.8. The lowest BCUT2D eigenvalue weighted by Gasteiger charge is -2.42. The number of hydrogen-bond donors (Lipinski definition) is 1. The number of likely N-dealkylation sites (tertiary alicyclic amines) is 2. The van der Waals surface area contributed by atoms with Crippen molar-refractivity contribution < 1.29 is 14.3 Å². The monoisotopic (exact) mass is 388 g/mol. The van der Waals surface area contributed by atoms with Crippen LogP contribution >= 0.6 is 0 Å². The van der Waals surface area contributed by atoms with Crippen LogP contribution in [-0.4, -0.2) is 72.0 Å². The zero-order valence-corrected chi connectivity index (χ0v) is 16.8. The second kappa shape index (κ2) is 10.5. The summed E-state index contributed by atoms with van der Waals surface area (Å²) in [5.41, 5.74) is 1.02. The molecule has 0 aliphatic carbocycles. The van der Waals surface area contributed by atoms with Gasteiger partial charge in [0, 0.05) is 51.2 Å². The molecule has 7 nitrogen and oxygen atoms in total. The normalized spacial score (nSPS) is 21.5. The fourth-order valence-electron chi connectivity index (χ4n) is 4.15. The highest BCUT2D eigenvalue weighted by atomic mass is 16.5. The first kappa shape index (κ1) is 20.7. The first-order valence-electron chi connectivity index (χ1n) is 10.4. The molecule has 1 N–H and O–H groups in total. The number of pyridine rings is 1. The molecule has 1 aromatic heterocycles. The fraction of sp³-hybridized carbons (Fsp3) is 0.667. The molecule has 0 bridgehead atoms. The number of carbonyl (C=O) groups is 2. The standard InChI is InChI=1S/C21H32N4O3/c1-2-28-16-20(26)24-11-7-19(8-12-24)25-10-4-6-18(15-25)21(27)23-14-17-5-3-9-22-13-17/h3,5,9,13,18-19H,2,4,6-8,10-12,14-16H2,1H3,(H,23,27)/t18-/m0/s1. The van der Waals surface area contributed by atoms with E-state index in [0.29, 0.717) is 19.2 Å². The third kappa shape index (κ3) is 5.75. The van der Waals surface area contributed by atoms with Crippen molar-refractivity contribution >= 4 is 11.8 Å². The largest absolute Gasteiger partial charge is 0.372 e. The third-order valence-electron chi connectivity index (χ3n) is 5.78. The molecule has 0 radical (unpaired) electrons. The quantitative estimate of drug-likeness (QED) is 0.765. The van der Waals surface area contributed by atoms with Gasteiger partial charge in [0.25, 0.3) is 0 Å². The van der Waals surface area contributed by atoms with Gasteiger partial charge in [-0.1, -0.05) is 6.07 Å². The molecule has 2 aliphatic rings. The molecular weight excluding hydrogens is 356 g/mol. The number of nitrogens with one attached hydrogen (secondary N) is 1. The van der Waals surface area contributed by atoms with Gasteiger partial charge in [0.1, 0.15) is 6.61 Å². The van der Waals surface area contributed by atoms with Crippen LogP contribution in [0.5, 0.6) is 0 Å². The summed E-state index contributed by atoms with van der Waals surface area (Å²) >= 11 is 0. The molecule has 1 aromatic rings. The molecule has 0 unspecified atom stereocenters. The van der Waals surface area contributed by atoms with Crippen molar-refractivity contribution in [1.82, 2.24) is 20.1 Å². The van der Waals surface area contributed by atoms with Gasteiger partial charge in [-0.25, -0.2) is 0 Å². The Morgan fingerprint density at radius 2 is 2.07 bits per heavy atom. The van der Waals surface area contributed by atoms with Gasteiger partial charge in [0.2, 0.25) is 11.8 Å². The van der Waals surface area contributed by atoms with Crippen LogP contribution in [0, 0.1) is 5.92 Å². The number of aromatic nitrogens is 1. The van der Waals surface area contributed by atoms with Crippen LogP contribution < -0.4 is 5.32 Å². The van der Waals surface area contributed by atoms with Gasteiger partial charge in [-0.2, -0.15) is 0 Å². The predicted molar refractivity (Wildman–Crippen MR) is 106 cm³/mol. The lowest BCUT2D eigenvalue weighted by molar-refractivity contribution is -0.137. The van der Waals surface area contributed by atoms with E-state index in [9.17, 15) is 9.59 Å². The first-order valence-corrected chi connectivity index (χ1v) is 10.4. The number of rotatable bonds is 7. The maximum Gasteiger partial charge on any atom is 0.248 e. The van der Waals surface area contributed by atoms with E-state index in [1.807, 2.05) is 24.0 Å². The van der Waals surface area contributed by atoms with Gasteiger partial charge in [-0.3, -0.25) is 19.5 Å². The topological polar surface area (TPSA) is 74.8 Å². The van der Waals surface area contributed by atoms with E-state index in [2.05, 4.69) is 15.2 Å². The summed E-state index contributed by atoms with van der Waals surface area (Å²) in [5, 5.41) is 3.06. The molecule has 154 valence electrons. The summed E-state index contributed by atoms with van der Waals surface area (Å²) < 4.78 is 5.24. The van der Waals surface area contributed by atoms with E-state index >= 15 is 0 Å². The maximum absolute atomic E-state index is 12.6. The summed E-state index contributed by atoms with van der Waals surface area (Å²) in [7, 11) is 0. The van der Waals surface area contributed by atoms with Gasteiger partial charge < -0.3 is 15.0 Å². The molecule has 1 atom stereocenters. The Hall–Kier alpha value is -1.99. The Morgan fingerprint density at radius 3 is 2.79 bits per heavy atom. The van der Waals surface area contributed by atoms with Crippen LogP contribution in [0.25, 0.3) is 0 Å². The first-order chi connectivity index (χ1) is 13.7. The van der Waals surface area contributed by atoms with Crippen molar-refractivity contribution in [2.75, 3.05) is 39.4 Å². The van der Waals surface area contributed by atoms with E-state index in [4.69, 9.17) is 4.74 Å². The Bertz CT molecular complexity index is 632. The molecule has 2 saturated heterocycles. The van der Waals surface area contributed by atoms with Gasteiger partial charge in [-0.15, -0.1) is 0 Å². The van der Waals surface area contributed by atoms with Crippen LogP contribution in [0.3, 0.4) is 0 Å². The summed E-state index contributed by atoms with van der Waals surface area (Å²) in [6.45, 7) is 6.61. The maximum atomic E-state index is 12.6. The summed E-state index contributed by atoms with van der Waals surface area (Å²) in [6, 6.07) is 4.32. The van der Waals surface area contributed by atoms with Crippen LogP contribution in [0.1, 0.15) is 38.2 Å². The lowest BCUT2D eigenvalue weighted by atomic mass is 9.93. The number of nitrogens with zero attached hydrogens (tertiary/aromatic N) is 3. The van der Waals surface area contributed by atoms with Crippen LogP contribution in [0.15, 0.2) is 24.5 Å². The van der Waals surface area contributed by atoms with Crippen molar-refractivity contribution in [2.45, 2.75) is 45.2 Å². The SMILES string of the molecule is CCOCC(=O)N1CCC(N2CCC[C@H](C(=O)NCc3cccnc3)C2)CC1. The highest BCUT2D eigenvalue weighted by molar-refractivity contribution is 5.79. The zero-order chi connectivity index (χ0) is 19.8. The molecule has 28 heavy (non-hydrogen) atoms. The number of piperidine rings is 2. The van der Waals surface area contributed by atoms with E-state index < -0.39 is 0 Å². The molecule has 0 spiro atoms. The smallest absolute Gasteiger partial charge is 0.248 e. The molecule has 7 heteroatoms. The highest BCUT2D eigenvalue weighted by Crippen LogP contribution is 2.24. The summed E-state index contributed by atoms with van der Waals surface area (Å²) in [6.07, 6.45) is 7.47. The molecule has 2 aliphatic heterocycles. The summed E-state index contributed by atoms with van der Waals surface area (Å²) in [4.78, 5) is 33.2. The van der Waals surface area contributed by atoms with Crippen molar-refractivity contribution in [1.29, 1.82) is 0 Å². The van der Waals surface area contributed by atoms with E-state index in [1.165, 1.54) is 0 Å². The minimum Gasteiger partial charge on any atom is -0.372 e. The fourth-order valence-corrected chi connectivity index (χ4v) is 4.15. The molecule has 2 amide bonds. The Morgan fingerprint density at radius 1 is 1.25 bits per heavy atom. The van der Waals surface area contributed by atoms with E-state index in [0.717, 1.165) is 57.4 Å². The number of carbonyl (C=O) groups excluding carboxylic acids is 2. The molecule has 2 fully saturated rings. The van der Waals surface area contributed by atoms with Gasteiger partial charge in [-0.05, 0) is 50.8 Å². The third-order valence-corrected chi connectivity index (χ3v) is 5.78. The summed E-state index contributed by atoms with van der Waals surface area (Å²) in [5.74, 6) is 0.271. The van der Waals surface area contributed by atoms with Gasteiger partial charge in [0.15, 0.2) is 0 Å². The van der Waals surface area contributed by atoms with E-state index in [-0.39, 0.29) is 24.3 Å². The van der Waals surface area contributed by atoms with Crippen LogP contribution in [0.2, 0.25) is 0 Å². The van der Waals surface area contributed by atoms with E-state index in [1.54, 1.807) is 12.4 Å². The minimum atomic E-state index is 0.0445. The van der Waals surface area contributed by atoms with Crippen molar-refractivity contribution in [3.05, 3.63) is 30.1 Å². The van der Waals surface area contributed by atoms with Crippen molar-refractivity contribution in [3.63, 3.8) is 0 Å². The molecule has 0 aromatic carbocycles. The van der Waals surface area contributed by atoms with Gasteiger partial charge >= 0.3 is 0 Å². The average Bonchev–Trinajstić information content (AvgIpc) is 2.76. The molecule has 3 heterocycles. The Labute approximate surface area is 167 Å². The van der Waals surface area contributed by atoms with Crippen molar-refractivity contribution in [2.24, 2.45) is 5.92 Å². The number of hydrogen-bond acceptors (Lipinski definition) is 5. The van der Waals surface area contributed by atoms with Crippen LogP contribution in [0.4, 0.5) is 0 Å². The van der Waals surface area contributed by atoms with Gasteiger partial charge in [0.05, 0.1) is 5.92 Å². The Balaban J connectivity index is 1.43. The molecule has 0 saturated carbocycles. The molecular formula is C21H32N4O3. The lowest BCUT2D eigenvalue weighted by Crippen LogP contribution is -2.51. The molecule has 3 rings (SSSR count).